The van der Waals surface area contributed by atoms with E-state index in [4.69, 9.17) is 39.8 Å². The fraction of sp³-hybridized carbons (Fsp3) is 0.174. The SMILES string of the molecule is Cc1c(C(=O)Nc2cc(Cl)ccc2Cl)oc2c1/C(=N/NC(=S)Nc1ccccc1)CCC2. The number of benzene rings is 2. The van der Waals surface area contributed by atoms with Crippen molar-refractivity contribution < 1.29 is 9.21 Å². The van der Waals surface area contributed by atoms with Gasteiger partial charge in [-0.1, -0.05) is 41.4 Å². The average molecular weight is 487 g/mol. The molecule has 4 rings (SSSR count). The molecule has 1 aromatic heterocycles. The predicted molar refractivity (Wildman–Crippen MR) is 133 cm³/mol. The Morgan fingerprint density at radius 2 is 1.88 bits per heavy atom. The molecule has 0 radical (unpaired) electrons. The van der Waals surface area contributed by atoms with Gasteiger partial charge in [-0.05, 0) is 62.3 Å². The molecule has 6 nitrogen and oxygen atoms in total. The standard InChI is InChI=1S/C23H20Cl2N4O2S/c1-13-20-17(28-29-23(32)26-15-6-3-2-4-7-15)8-5-9-19(20)31-21(13)22(30)27-18-12-14(24)10-11-16(18)25/h2-4,6-7,10-12H,5,8-9H2,1H3,(H,27,30)(H2,26,29,32)/b28-17+. The number of carbonyl (C=O) groups is 1. The minimum atomic E-state index is -0.394. The van der Waals surface area contributed by atoms with Crippen molar-refractivity contribution in [3.63, 3.8) is 0 Å². The van der Waals surface area contributed by atoms with Crippen LogP contribution in [0.4, 0.5) is 11.4 Å². The largest absolute Gasteiger partial charge is 0.455 e. The van der Waals surface area contributed by atoms with Crippen molar-refractivity contribution in [1.82, 2.24) is 5.43 Å². The molecule has 0 spiro atoms. The normalized spacial score (nSPS) is 14.0. The number of para-hydroxylation sites is 1. The molecule has 32 heavy (non-hydrogen) atoms. The summed E-state index contributed by atoms with van der Waals surface area (Å²) in [5.74, 6) is 0.568. The molecular weight excluding hydrogens is 467 g/mol. The zero-order valence-corrected chi connectivity index (χ0v) is 19.5. The summed E-state index contributed by atoms with van der Waals surface area (Å²) in [5.41, 5.74) is 6.54. The first-order chi connectivity index (χ1) is 15.4. The Kier molecular flexibility index (Phi) is 6.79. The number of nitrogens with one attached hydrogen (secondary N) is 3. The van der Waals surface area contributed by atoms with Gasteiger partial charge in [0.1, 0.15) is 5.76 Å². The first kappa shape index (κ1) is 22.3. The second-order valence-electron chi connectivity index (χ2n) is 7.28. The molecule has 1 amide bonds. The number of anilines is 2. The maximum absolute atomic E-state index is 12.9. The third-order valence-corrected chi connectivity index (χ3v) is 5.79. The van der Waals surface area contributed by atoms with E-state index in [0.717, 1.165) is 47.5 Å². The molecule has 0 fully saturated rings. The second-order valence-corrected chi connectivity index (χ2v) is 8.53. The molecular formula is C23H20Cl2N4O2S. The van der Waals surface area contributed by atoms with Gasteiger partial charge in [0.2, 0.25) is 0 Å². The molecule has 1 aliphatic carbocycles. The quantitative estimate of drug-likeness (QED) is 0.303. The van der Waals surface area contributed by atoms with Crippen LogP contribution in [0.5, 0.6) is 0 Å². The lowest BCUT2D eigenvalue weighted by molar-refractivity contribution is 0.0994. The van der Waals surface area contributed by atoms with Crippen LogP contribution in [0, 0.1) is 6.92 Å². The molecule has 3 N–H and O–H groups in total. The maximum atomic E-state index is 12.9. The Bertz CT molecular complexity index is 1210. The Morgan fingerprint density at radius 1 is 1.09 bits per heavy atom. The molecule has 0 bridgehead atoms. The summed E-state index contributed by atoms with van der Waals surface area (Å²) in [4.78, 5) is 12.9. The van der Waals surface area contributed by atoms with Crippen LogP contribution in [0.25, 0.3) is 0 Å². The van der Waals surface area contributed by atoms with Crippen molar-refractivity contribution in [2.45, 2.75) is 26.2 Å². The van der Waals surface area contributed by atoms with Gasteiger partial charge in [-0.3, -0.25) is 10.2 Å². The van der Waals surface area contributed by atoms with E-state index in [1.54, 1.807) is 18.2 Å². The molecule has 0 saturated heterocycles. The van der Waals surface area contributed by atoms with Gasteiger partial charge in [-0.15, -0.1) is 0 Å². The maximum Gasteiger partial charge on any atom is 0.291 e. The second kappa shape index (κ2) is 9.73. The Labute approximate surface area is 201 Å². The van der Waals surface area contributed by atoms with Crippen molar-refractivity contribution in [1.29, 1.82) is 0 Å². The van der Waals surface area contributed by atoms with E-state index in [-0.39, 0.29) is 5.76 Å². The van der Waals surface area contributed by atoms with Gasteiger partial charge in [0.25, 0.3) is 5.91 Å². The van der Waals surface area contributed by atoms with Crippen LogP contribution in [0.1, 0.15) is 40.3 Å². The highest BCUT2D eigenvalue weighted by molar-refractivity contribution is 7.80. The number of nitrogens with zero attached hydrogens (tertiary/aromatic N) is 1. The number of furan rings is 1. The molecule has 9 heteroatoms. The molecule has 3 aromatic rings. The molecule has 1 aliphatic rings. The fourth-order valence-corrected chi connectivity index (χ4v) is 4.07. The summed E-state index contributed by atoms with van der Waals surface area (Å²) in [5, 5.41) is 11.6. The summed E-state index contributed by atoms with van der Waals surface area (Å²) < 4.78 is 5.93. The zero-order chi connectivity index (χ0) is 22.7. The number of halogens is 2. The van der Waals surface area contributed by atoms with Crippen molar-refractivity contribution in [2.75, 3.05) is 10.6 Å². The number of carbonyl (C=O) groups excluding carboxylic acids is 1. The van der Waals surface area contributed by atoms with E-state index in [9.17, 15) is 4.79 Å². The van der Waals surface area contributed by atoms with E-state index in [2.05, 4.69) is 21.2 Å². The smallest absolute Gasteiger partial charge is 0.291 e. The number of hydrogen-bond donors (Lipinski definition) is 3. The van der Waals surface area contributed by atoms with Gasteiger partial charge in [0.15, 0.2) is 10.9 Å². The van der Waals surface area contributed by atoms with Crippen LogP contribution in [0.15, 0.2) is 58.0 Å². The Morgan fingerprint density at radius 3 is 2.66 bits per heavy atom. The topological polar surface area (TPSA) is 78.7 Å². The van der Waals surface area contributed by atoms with E-state index in [0.29, 0.717) is 20.8 Å². The van der Waals surface area contributed by atoms with Crippen molar-refractivity contribution in [3.8, 4) is 0 Å². The number of hydrogen-bond acceptors (Lipinski definition) is 4. The number of hydrazone groups is 1. The number of amides is 1. The number of fused-ring (bicyclic) bond motifs is 1. The monoisotopic (exact) mass is 486 g/mol. The van der Waals surface area contributed by atoms with Crippen molar-refractivity contribution in [2.24, 2.45) is 5.10 Å². The fourth-order valence-electron chi connectivity index (χ4n) is 3.57. The van der Waals surface area contributed by atoms with E-state index < -0.39 is 5.91 Å². The summed E-state index contributed by atoms with van der Waals surface area (Å²) in [6.45, 7) is 1.85. The average Bonchev–Trinajstić information content (AvgIpc) is 3.13. The van der Waals surface area contributed by atoms with Gasteiger partial charge in [-0.2, -0.15) is 5.10 Å². The summed E-state index contributed by atoms with van der Waals surface area (Å²) >= 11 is 17.5. The van der Waals surface area contributed by atoms with Gasteiger partial charge >= 0.3 is 0 Å². The number of thiocarbonyl (C=S) groups is 1. The molecule has 0 atom stereocenters. The lowest BCUT2D eigenvalue weighted by Crippen LogP contribution is -2.26. The molecule has 164 valence electrons. The van der Waals surface area contributed by atoms with E-state index in [1.165, 1.54) is 0 Å². The van der Waals surface area contributed by atoms with Crippen LogP contribution in [0.2, 0.25) is 10.0 Å². The molecule has 0 saturated carbocycles. The van der Waals surface area contributed by atoms with Crippen LogP contribution >= 0.6 is 35.4 Å². The first-order valence-electron chi connectivity index (χ1n) is 10.00. The van der Waals surface area contributed by atoms with Crippen LogP contribution in [0.3, 0.4) is 0 Å². The van der Waals surface area contributed by atoms with Gasteiger partial charge in [-0.25, -0.2) is 0 Å². The van der Waals surface area contributed by atoms with Crippen LogP contribution in [-0.4, -0.2) is 16.7 Å². The molecule has 2 aromatic carbocycles. The minimum absolute atomic E-state index is 0.227. The lowest BCUT2D eigenvalue weighted by atomic mass is 9.93. The van der Waals surface area contributed by atoms with Crippen LogP contribution in [-0.2, 0) is 6.42 Å². The first-order valence-corrected chi connectivity index (χ1v) is 11.2. The van der Waals surface area contributed by atoms with E-state index >= 15 is 0 Å². The summed E-state index contributed by atoms with van der Waals surface area (Å²) in [7, 11) is 0. The Hall–Kier alpha value is -2.87. The summed E-state index contributed by atoms with van der Waals surface area (Å²) in [6, 6.07) is 14.5. The van der Waals surface area contributed by atoms with Crippen molar-refractivity contribution in [3.05, 3.63) is 81.2 Å². The number of aryl methyl sites for hydroxylation is 1. The third kappa shape index (κ3) is 4.96. The lowest BCUT2D eigenvalue weighted by Gasteiger charge is -2.14. The predicted octanol–water partition coefficient (Wildman–Crippen LogP) is 6.17. The molecule has 1 heterocycles. The minimum Gasteiger partial charge on any atom is -0.455 e. The summed E-state index contributed by atoms with van der Waals surface area (Å²) in [6.07, 6.45) is 2.34. The Balaban J connectivity index is 1.53. The molecule has 0 unspecified atom stereocenters. The van der Waals surface area contributed by atoms with Gasteiger partial charge in [0.05, 0.1) is 16.4 Å². The van der Waals surface area contributed by atoms with Crippen LogP contribution < -0.4 is 16.1 Å². The number of rotatable bonds is 4. The third-order valence-electron chi connectivity index (χ3n) is 5.03. The van der Waals surface area contributed by atoms with Crippen molar-refractivity contribution >= 4 is 63.5 Å². The highest BCUT2D eigenvalue weighted by Crippen LogP contribution is 2.31. The highest BCUT2D eigenvalue weighted by Gasteiger charge is 2.28. The van der Waals surface area contributed by atoms with Gasteiger partial charge < -0.3 is 15.1 Å². The van der Waals surface area contributed by atoms with Gasteiger partial charge in [0, 0.05) is 28.3 Å². The molecule has 0 aliphatic heterocycles. The van der Waals surface area contributed by atoms with E-state index in [1.807, 2.05) is 37.3 Å². The zero-order valence-electron chi connectivity index (χ0n) is 17.2. The highest BCUT2D eigenvalue weighted by atomic mass is 35.5.